The van der Waals surface area contributed by atoms with Crippen molar-refractivity contribution in [3.8, 4) is 0 Å². The molecule has 0 fully saturated rings. The van der Waals surface area contributed by atoms with E-state index in [-0.39, 0.29) is 6.61 Å². The molecule has 2 aromatic heterocycles. The Bertz CT molecular complexity index is 919. The maximum atomic E-state index is 10.1. The van der Waals surface area contributed by atoms with Crippen molar-refractivity contribution in [3.05, 3.63) is 75.2 Å². The van der Waals surface area contributed by atoms with E-state index in [1.165, 1.54) is 5.56 Å². The minimum Gasteiger partial charge on any atom is -0.390 e. The number of benzene rings is 1. The zero-order chi connectivity index (χ0) is 19.6. The average Bonchev–Trinajstić information content (AvgIpc) is 2.86. The second-order valence-electron chi connectivity index (χ2n) is 6.75. The number of halogens is 2. The Labute approximate surface area is 174 Å². The first-order chi connectivity index (χ1) is 12.9. The lowest BCUT2D eigenvalue weighted by atomic mass is 10.0. The van der Waals surface area contributed by atoms with E-state index in [2.05, 4.69) is 30.3 Å². The molecule has 27 heavy (non-hydrogen) atoms. The molecule has 6 heteroatoms. The van der Waals surface area contributed by atoms with Crippen LogP contribution in [-0.4, -0.2) is 14.7 Å². The lowest BCUT2D eigenvalue weighted by Gasteiger charge is -2.15. The monoisotopic (exact) mass is 420 g/mol. The summed E-state index contributed by atoms with van der Waals surface area (Å²) >= 11 is 14.0. The summed E-state index contributed by atoms with van der Waals surface area (Å²) in [5, 5.41) is 12.4. The van der Waals surface area contributed by atoms with Crippen LogP contribution in [-0.2, 0) is 13.2 Å². The zero-order valence-corrected chi connectivity index (χ0v) is 17.9. The maximum absolute atomic E-state index is 10.1. The molecule has 0 atom stereocenters. The van der Waals surface area contributed by atoms with E-state index in [4.69, 9.17) is 23.2 Å². The Kier molecular flexibility index (Phi) is 6.53. The largest absolute Gasteiger partial charge is 0.390 e. The summed E-state index contributed by atoms with van der Waals surface area (Å²) < 4.78 is 2.19. The predicted octanol–water partition coefficient (Wildman–Crippen LogP) is 6.31. The van der Waals surface area contributed by atoms with Crippen molar-refractivity contribution in [1.82, 2.24) is 9.55 Å². The maximum Gasteiger partial charge on any atom is 0.0840 e. The molecule has 1 N–H and O–H groups in total. The van der Waals surface area contributed by atoms with E-state index in [1.54, 1.807) is 30.2 Å². The van der Waals surface area contributed by atoms with E-state index < -0.39 is 0 Å². The molecule has 3 nitrogen and oxygen atoms in total. The number of aliphatic hydroxyl groups excluding tert-OH is 1. The fourth-order valence-electron chi connectivity index (χ4n) is 3.32. The molecule has 0 aliphatic carbocycles. The van der Waals surface area contributed by atoms with Gasteiger partial charge in [0.1, 0.15) is 0 Å². The predicted molar refractivity (Wildman–Crippen MR) is 113 cm³/mol. The van der Waals surface area contributed by atoms with Gasteiger partial charge in [-0.1, -0.05) is 48.8 Å². The van der Waals surface area contributed by atoms with Crippen LogP contribution < -0.4 is 0 Å². The molecule has 142 valence electrons. The molecule has 0 aliphatic rings. The second-order valence-corrected chi connectivity index (χ2v) is 8.69. The van der Waals surface area contributed by atoms with E-state index in [1.807, 2.05) is 24.3 Å². The van der Waals surface area contributed by atoms with Crippen LogP contribution in [0.5, 0.6) is 0 Å². The highest BCUT2D eigenvalue weighted by Crippen LogP contribution is 2.41. The van der Waals surface area contributed by atoms with Crippen molar-refractivity contribution in [2.75, 3.05) is 0 Å². The molecule has 1 aromatic carbocycles. The van der Waals surface area contributed by atoms with Crippen LogP contribution in [0.2, 0.25) is 10.0 Å². The van der Waals surface area contributed by atoms with Crippen LogP contribution in [0.3, 0.4) is 0 Å². The van der Waals surface area contributed by atoms with E-state index in [0.717, 1.165) is 26.7 Å². The summed E-state index contributed by atoms with van der Waals surface area (Å²) in [5.74, 6) is 0.325. The standard InChI is InChI=1S/C21H22Cl2N2OS/c1-13(2)20-14(3)19(12-26)25(11-15-4-6-24-7-5-15)21(20)27-18-9-16(22)8-17(23)10-18/h4-10,13,26H,11-12H2,1-3H3. The normalized spacial score (nSPS) is 11.4. The van der Waals surface area contributed by atoms with Gasteiger partial charge >= 0.3 is 0 Å². The molecule has 0 saturated heterocycles. The van der Waals surface area contributed by atoms with Gasteiger partial charge in [-0.25, -0.2) is 0 Å². The molecule has 0 saturated carbocycles. The minimum absolute atomic E-state index is 0.00645. The molecule has 0 spiro atoms. The first kappa shape index (κ1) is 20.3. The summed E-state index contributed by atoms with van der Waals surface area (Å²) in [7, 11) is 0. The molecular formula is C21H22Cl2N2OS. The third kappa shape index (κ3) is 4.52. The summed E-state index contributed by atoms with van der Waals surface area (Å²) in [6.07, 6.45) is 3.58. The van der Waals surface area contributed by atoms with Gasteiger partial charge in [0.05, 0.1) is 11.6 Å². The smallest absolute Gasteiger partial charge is 0.0840 e. The summed E-state index contributed by atoms with van der Waals surface area (Å²) in [6, 6.07) is 9.56. The lowest BCUT2D eigenvalue weighted by Crippen LogP contribution is -2.06. The van der Waals surface area contributed by atoms with E-state index in [9.17, 15) is 5.11 Å². The molecular weight excluding hydrogens is 399 g/mol. The number of aromatic nitrogens is 2. The van der Waals surface area contributed by atoms with Gasteiger partial charge in [0.2, 0.25) is 0 Å². The van der Waals surface area contributed by atoms with Crippen molar-refractivity contribution >= 4 is 35.0 Å². The van der Waals surface area contributed by atoms with E-state index in [0.29, 0.717) is 22.5 Å². The van der Waals surface area contributed by atoms with Crippen molar-refractivity contribution in [2.24, 2.45) is 0 Å². The fourth-order valence-corrected chi connectivity index (χ4v) is 5.35. The third-order valence-electron chi connectivity index (χ3n) is 4.51. The first-order valence-electron chi connectivity index (χ1n) is 8.76. The first-order valence-corrected chi connectivity index (χ1v) is 10.3. The van der Waals surface area contributed by atoms with Gasteiger partial charge in [0.15, 0.2) is 0 Å². The SMILES string of the molecule is Cc1c(C(C)C)c(Sc2cc(Cl)cc(Cl)c2)n(Cc2ccncc2)c1CO. The van der Waals surface area contributed by atoms with Gasteiger partial charge in [-0.3, -0.25) is 4.98 Å². The van der Waals surface area contributed by atoms with Crippen molar-refractivity contribution in [2.45, 2.75) is 49.8 Å². The number of aliphatic hydroxyl groups is 1. The molecule has 2 heterocycles. The Morgan fingerprint density at radius 3 is 2.30 bits per heavy atom. The van der Waals surface area contributed by atoms with Crippen LogP contribution in [0.15, 0.2) is 52.6 Å². The number of rotatable bonds is 6. The number of pyridine rings is 1. The van der Waals surface area contributed by atoms with Gasteiger partial charge in [-0.15, -0.1) is 0 Å². The average molecular weight is 421 g/mol. The number of hydrogen-bond donors (Lipinski definition) is 1. The topological polar surface area (TPSA) is 38.0 Å². The van der Waals surface area contributed by atoms with Crippen LogP contribution in [0, 0.1) is 6.92 Å². The molecule has 3 rings (SSSR count). The van der Waals surface area contributed by atoms with Gasteiger partial charge in [-0.05, 0) is 59.9 Å². The highest BCUT2D eigenvalue weighted by atomic mass is 35.5. The highest BCUT2D eigenvalue weighted by Gasteiger charge is 2.23. The lowest BCUT2D eigenvalue weighted by molar-refractivity contribution is 0.269. The van der Waals surface area contributed by atoms with Crippen LogP contribution >= 0.6 is 35.0 Å². The van der Waals surface area contributed by atoms with Crippen molar-refractivity contribution in [3.63, 3.8) is 0 Å². The minimum atomic E-state index is -0.00645. The summed E-state index contributed by atoms with van der Waals surface area (Å²) in [6.45, 7) is 7.10. The van der Waals surface area contributed by atoms with Gasteiger partial charge in [0.25, 0.3) is 0 Å². The van der Waals surface area contributed by atoms with Gasteiger partial charge in [0, 0.05) is 39.6 Å². The number of nitrogens with zero attached hydrogens (tertiary/aromatic N) is 2. The summed E-state index contributed by atoms with van der Waals surface area (Å²) in [4.78, 5) is 5.08. The third-order valence-corrected chi connectivity index (χ3v) is 6.05. The Morgan fingerprint density at radius 2 is 1.74 bits per heavy atom. The Hall–Kier alpha value is -1.46. The number of hydrogen-bond acceptors (Lipinski definition) is 3. The molecule has 0 radical (unpaired) electrons. The quantitative estimate of drug-likeness (QED) is 0.507. The molecule has 3 aromatic rings. The molecule has 0 unspecified atom stereocenters. The van der Waals surface area contributed by atoms with Crippen LogP contribution in [0.4, 0.5) is 0 Å². The second kappa shape index (κ2) is 8.70. The van der Waals surface area contributed by atoms with Crippen LogP contribution in [0.25, 0.3) is 0 Å². The molecule has 0 bridgehead atoms. The summed E-state index contributed by atoms with van der Waals surface area (Å²) in [5.41, 5.74) is 4.45. The fraction of sp³-hybridized carbons (Fsp3) is 0.286. The highest BCUT2D eigenvalue weighted by molar-refractivity contribution is 7.99. The zero-order valence-electron chi connectivity index (χ0n) is 15.5. The van der Waals surface area contributed by atoms with Gasteiger partial charge in [-0.2, -0.15) is 0 Å². The van der Waals surface area contributed by atoms with E-state index >= 15 is 0 Å². The van der Waals surface area contributed by atoms with Gasteiger partial charge < -0.3 is 9.67 Å². The molecule has 0 aliphatic heterocycles. The van der Waals surface area contributed by atoms with Crippen molar-refractivity contribution < 1.29 is 5.11 Å². The Morgan fingerprint density at radius 1 is 1.11 bits per heavy atom. The van der Waals surface area contributed by atoms with Crippen molar-refractivity contribution in [1.29, 1.82) is 0 Å². The van der Waals surface area contributed by atoms with Crippen LogP contribution in [0.1, 0.15) is 42.1 Å². The Balaban J connectivity index is 2.14. The molecule has 0 amide bonds.